The Morgan fingerprint density at radius 1 is 1.12 bits per heavy atom. The van der Waals surface area contributed by atoms with Gasteiger partial charge in [-0.25, -0.2) is 4.98 Å². The van der Waals surface area contributed by atoms with Crippen molar-refractivity contribution in [1.29, 1.82) is 0 Å². The van der Waals surface area contributed by atoms with Gasteiger partial charge in [-0.2, -0.15) is 0 Å². The Balaban J connectivity index is 1.68. The molecule has 0 radical (unpaired) electrons. The first-order valence-electron chi connectivity index (χ1n) is 8.96. The molecule has 26 heavy (non-hydrogen) atoms. The lowest BCUT2D eigenvalue weighted by Crippen LogP contribution is -2.37. The Morgan fingerprint density at radius 3 is 2.65 bits per heavy atom. The second-order valence-electron chi connectivity index (χ2n) is 6.73. The van der Waals surface area contributed by atoms with Gasteiger partial charge >= 0.3 is 0 Å². The molecule has 1 fully saturated rings. The van der Waals surface area contributed by atoms with Gasteiger partial charge in [0.25, 0.3) is 5.56 Å². The van der Waals surface area contributed by atoms with E-state index in [0.29, 0.717) is 11.2 Å². The zero-order valence-corrected chi connectivity index (χ0v) is 14.8. The zero-order valence-electron chi connectivity index (χ0n) is 14.8. The van der Waals surface area contributed by atoms with Gasteiger partial charge in [0, 0.05) is 6.54 Å². The Hall–Kier alpha value is -2.95. The van der Waals surface area contributed by atoms with Crippen LogP contribution in [0, 0.1) is 6.92 Å². The molecule has 2 aromatic carbocycles. The molecule has 0 aliphatic carbocycles. The normalized spacial score (nSPS) is 17.0. The van der Waals surface area contributed by atoms with Crippen LogP contribution < -0.4 is 5.56 Å². The number of nitrogens with zero attached hydrogens (tertiary/aromatic N) is 3. The molecule has 1 amide bonds. The number of aryl methyl sites for hydroxylation is 1. The number of amides is 1. The standard InChI is InChI=1S/C21H21N3O2/c1-15-21(26)24(19-11-6-5-10-17(19)22-15)14-20(25)23-13-7-12-18(23)16-8-3-2-4-9-16/h2-6,8-11,18H,7,12-14H2,1H3/t18-/m1/s1. The molecule has 0 N–H and O–H groups in total. The Labute approximate surface area is 151 Å². The van der Waals surface area contributed by atoms with Crippen molar-refractivity contribution in [2.45, 2.75) is 32.4 Å². The molecular weight excluding hydrogens is 326 g/mol. The molecule has 0 saturated carbocycles. The van der Waals surface area contributed by atoms with Crippen LogP contribution in [0.4, 0.5) is 0 Å². The fourth-order valence-corrected chi connectivity index (χ4v) is 3.79. The van der Waals surface area contributed by atoms with Crippen LogP contribution in [-0.4, -0.2) is 26.9 Å². The van der Waals surface area contributed by atoms with Crippen LogP contribution in [0.5, 0.6) is 0 Å². The van der Waals surface area contributed by atoms with E-state index in [2.05, 4.69) is 17.1 Å². The maximum absolute atomic E-state index is 13.1. The number of rotatable bonds is 3. The molecule has 0 bridgehead atoms. The molecular formula is C21H21N3O2. The minimum absolute atomic E-state index is 0.0193. The van der Waals surface area contributed by atoms with Gasteiger partial charge < -0.3 is 4.90 Å². The molecule has 4 rings (SSSR count). The van der Waals surface area contributed by atoms with Crippen LogP contribution >= 0.6 is 0 Å². The molecule has 1 atom stereocenters. The number of aromatic nitrogens is 2. The molecule has 1 aliphatic heterocycles. The number of likely N-dealkylation sites (tertiary alicyclic amines) is 1. The summed E-state index contributed by atoms with van der Waals surface area (Å²) in [5.41, 5.74) is 2.80. The maximum atomic E-state index is 13.1. The SMILES string of the molecule is Cc1nc2ccccc2n(CC(=O)N2CCC[C@@H]2c2ccccc2)c1=O. The third-order valence-electron chi connectivity index (χ3n) is 5.07. The van der Waals surface area contributed by atoms with E-state index in [1.54, 1.807) is 11.5 Å². The minimum Gasteiger partial charge on any atom is -0.334 e. The van der Waals surface area contributed by atoms with E-state index in [1.807, 2.05) is 47.4 Å². The summed E-state index contributed by atoms with van der Waals surface area (Å²) in [5.74, 6) is -0.0193. The summed E-state index contributed by atoms with van der Waals surface area (Å²) < 4.78 is 1.56. The van der Waals surface area contributed by atoms with Crippen molar-refractivity contribution in [1.82, 2.24) is 14.5 Å². The first-order valence-corrected chi connectivity index (χ1v) is 8.96. The van der Waals surface area contributed by atoms with Crippen LogP contribution in [-0.2, 0) is 11.3 Å². The predicted octanol–water partition coefficient (Wildman–Crippen LogP) is 3.07. The van der Waals surface area contributed by atoms with E-state index < -0.39 is 0 Å². The van der Waals surface area contributed by atoms with E-state index in [9.17, 15) is 9.59 Å². The Kier molecular flexibility index (Phi) is 4.29. The van der Waals surface area contributed by atoms with E-state index in [1.165, 1.54) is 0 Å². The van der Waals surface area contributed by atoms with Crippen LogP contribution in [0.15, 0.2) is 59.4 Å². The van der Waals surface area contributed by atoms with Gasteiger partial charge in [0.15, 0.2) is 0 Å². The molecule has 1 aliphatic rings. The fourth-order valence-electron chi connectivity index (χ4n) is 3.79. The number of hydrogen-bond donors (Lipinski definition) is 0. The summed E-state index contributed by atoms with van der Waals surface area (Å²) in [6, 6.07) is 17.7. The quantitative estimate of drug-likeness (QED) is 0.732. The van der Waals surface area contributed by atoms with Crippen LogP contribution in [0.1, 0.15) is 30.1 Å². The lowest BCUT2D eigenvalue weighted by Gasteiger charge is -2.26. The second kappa shape index (κ2) is 6.75. The molecule has 1 saturated heterocycles. The summed E-state index contributed by atoms with van der Waals surface area (Å²) in [6.45, 7) is 2.47. The highest BCUT2D eigenvalue weighted by Gasteiger charge is 2.30. The van der Waals surface area contributed by atoms with Crippen molar-refractivity contribution in [2.75, 3.05) is 6.54 Å². The Morgan fingerprint density at radius 2 is 1.85 bits per heavy atom. The number of benzene rings is 2. The van der Waals surface area contributed by atoms with E-state index >= 15 is 0 Å². The molecule has 1 aromatic heterocycles. The summed E-state index contributed by atoms with van der Waals surface area (Å²) in [4.78, 5) is 31.9. The van der Waals surface area contributed by atoms with Crippen molar-refractivity contribution in [3.8, 4) is 0 Å². The van der Waals surface area contributed by atoms with E-state index in [0.717, 1.165) is 30.5 Å². The summed E-state index contributed by atoms with van der Waals surface area (Å²) in [7, 11) is 0. The van der Waals surface area contributed by atoms with Gasteiger partial charge in [0.05, 0.1) is 17.1 Å². The molecule has 5 heteroatoms. The highest BCUT2D eigenvalue weighted by atomic mass is 16.2. The number of fused-ring (bicyclic) bond motifs is 1. The summed E-state index contributed by atoms with van der Waals surface area (Å²) >= 11 is 0. The van der Waals surface area contributed by atoms with E-state index in [-0.39, 0.29) is 24.1 Å². The molecule has 0 unspecified atom stereocenters. The number of para-hydroxylation sites is 2. The van der Waals surface area contributed by atoms with Gasteiger partial charge in [-0.1, -0.05) is 42.5 Å². The third kappa shape index (κ3) is 2.90. The van der Waals surface area contributed by atoms with Crippen molar-refractivity contribution < 1.29 is 4.79 Å². The van der Waals surface area contributed by atoms with Crippen LogP contribution in [0.2, 0.25) is 0 Å². The molecule has 0 spiro atoms. The Bertz CT molecular complexity index is 1010. The van der Waals surface area contributed by atoms with Crippen LogP contribution in [0.25, 0.3) is 11.0 Å². The monoisotopic (exact) mass is 347 g/mol. The zero-order chi connectivity index (χ0) is 18.1. The van der Waals surface area contributed by atoms with Gasteiger partial charge in [-0.3, -0.25) is 14.2 Å². The average molecular weight is 347 g/mol. The average Bonchev–Trinajstić information content (AvgIpc) is 3.16. The largest absolute Gasteiger partial charge is 0.334 e. The second-order valence-corrected chi connectivity index (χ2v) is 6.73. The number of carbonyl (C=O) groups is 1. The van der Waals surface area contributed by atoms with Crippen molar-refractivity contribution in [3.63, 3.8) is 0 Å². The predicted molar refractivity (Wildman–Crippen MR) is 101 cm³/mol. The topological polar surface area (TPSA) is 55.2 Å². The summed E-state index contributed by atoms with van der Waals surface area (Å²) in [6.07, 6.45) is 1.94. The smallest absolute Gasteiger partial charge is 0.272 e. The van der Waals surface area contributed by atoms with Crippen molar-refractivity contribution in [3.05, 3.63) is 76.2 Å². The summed E-state index contributed by atoms with van der Waals surface area (Å²) in [5, 5.41) is 0. The number of hydrogen-bond acceptors (Lipinski definition) is 3. The lowest BCUT2D eigenvalue weighted by molar-refractivity contribution is -0.132. The molecule has 5 nitrogen and oxygen atoms in total. The van der Waals surface area contributed by atoms with Crippen molar-refractivity contribution in [2.24, 2.45) is 0 Å². The highest BCUT2D eigenvalue weighted by Crippen LogP contribution is 2.32. The van der Waals surface area contributed by atoms with Crippen LogP contribution in [0.3, 0.4) is 0 Å². The van der Waals surface area contributed by atoms with Crippen molar-refractivity contribution >= 4 is 16.9 Å². The minimum atomic E-state index is -0.201. The first-order chi connectivity index (χ1) is 12.6. The first kappa shape index (κ1) is 16.5. The van der Waals surface area contributed by atoms with E-state index in [4.69, 9.17) is 0 Å². The maximum Gasteiger partial charge on any atom is 0.272 e. The van der Waals surface area contributed by atoms with Gasteiger partial charge in [0.1, 0.15) is 12.2 Å². The van der Waals surface area contributed by atoms with Gasteiger partial charge in [-0.15, -0.1) is 0 Å². The number of carbonyl (C=O) groups excluding carboxylic acids is 1. The molecule has 3 aromatic rings. The third-order valence-corrected chi connectivity index (χ3v) is 5.07. The molecule has 2 heterocycles. The molecule has 132 valence electrons. The highest BCUT2D eigenvalue weighted by molar-refractivity contribution is 5.80. The van der Waals surface area contributed by atoms with Gasteiger partial charge in [-0.05, 0) is 37.5 Å². The lowest BCUT2D eigenvalue weighted by atomic mass is 10.0. The van der Waals surface area contributed by atoms with Gasteiger partial charge in [0.2, 0.25) is 5.91 Å². The fraction of sp³-hybridized carbons (Fsp3) is 0.286.